The van der Waals surface area contributed by atoms with E-state index in [0.29, 0.717) is 29.8 Å². The van der Waals surface area contributed by atoms with Crippen LogP contribution in [-0.4, -0.2) is 63.4 Å². The molecule has 0 spiro atoms. The Kier molecular flexibility index (Phi) is 5.89. The standard InChI is InChI=1S/C15H25N5O3/c1-21-12-8-11(9-13(22-2)14(12)23-3)10-20(17)15(16)19-6-4-18-5-7-19/h8-9,16,18H,4-7,10,17H2,1-3H3. The number of hydrogen-bond donors (Lipinski definition) is 3. The SMILES string of the molecule is COc1cc(CN(N)C(=N)N2CCNCC2)cc(OC)c1OC. The quantitative estimate of drug-likeness (QED) is 0.309. The van der Waals surface area contributed by atoms with Crippen LogP contribution < -0.4 is 25.4 Å². The highest BCUT2D eigenvalue weighted by molar-refractivity contribution is 5.76. The van der Waals surface area contributed by atoms with E-state index in [4.69, 9.17) is 25.5 Å². The Balaban J connectivity index is 2.13. The summed E-state index contributed by atoms with van der Waals surface area (Å²) in [5.74, 6) is 8.06. The number of guanidine groups is 1. The fourth-order valence-electron chi connectivity index (χ4n) is 2.56. The number of ether oxygens (including phenoxy) is 3. The van der Waals surface area contributed by atoms with Crippen LogP contribution in [0.2, 0.25) is 0 Å². The number of rotatable bonds is 5. The van der Waals surface area contributed by atoms with E-state index in [-0.39, 0.29) is 0 Å². The summed E-state index contributed by atoms with van der Waals surface area (Å²) in [4.78, 5) is 1.95. The Labute approximate surface area is 136 Å². The summed E-state index contributed by atoms with van der Waals surface area (Å²) >= 11 is 0. The Morgan fingerprint density at radius 3 is 2.22 bits per heavy atom. The topological polar surface area (TPSA) is 96.1 Å². The van der Waals surface area contributed by atoms with Gasteiger partial charge in [0.2, 0.25) is 11.7 Å². The van der Waals surface area contributed by atoms with Crippen LogP contribution in [0.25, 0.3) is 0 Å². The zero-order valence-electron chi connectivity index (χ0n) is 13.9. The molecule has 0 saturated carbocycles. The van der Waals surface area contributed by atoms with Crippen molar-refractivity contribution in [3.05, 3.63) is 17.7 Å². The first kappa shape index (κ1) is 17.2. The van der Waals surface area contributed by atoms with Gasteiger partial charge in [0.25, 0.3) is 0 Å². The van der Waals surface area contributed by atoms with Gasteiger partial charge in [-0.2, -0.15) is 0 Å². The molecule has 8 nitrogen and oxygen atoms in total. The van der Waals surface area contributed by atoms with E-state index in [2.05, 4.69) is 5.32 Å². The lowest BCUT2D eigenvalue weighted by Gasteiger charge is -2.33. The van der Waals surface area contributed by atoms with Crippen LogP contribution in [0.1, 0.15) is 5.56 Å². The molecule has 1 aliphatic rings. The summed E-state index contributed by atoms with van der Waals surface area (Å²) in [6.07, 6.45) is 0. The van der Waals surface area contributed by atoms with Gasteiger partial charge in [-0.05, 0) is 17.7 Å². The molecule has 1 saturated heterocycles. The minimum atomic E-state index is 0.306. The lowest BCUT2D eigenvalue weighted by molar-refractivity contribution is 0.285. The second-order valence-corrected chi connectivity index (χ2v) is 5.22. The molecule has 8 heteroatoms. The van der Waals surface area contributed by atoms with Crippen LogP contribution >= 0.6 is 0 Å². The molecule has 0 unspecified atom stereocenters. The zero-order valence-corrected chi connectivity index (χ0v) is 13.9. The van der Waals surface area contributed by atoms with Gasteiger partial charge in [0.15, 0.2) is 11.5 Å². The molecule has 0 bridgehead atoms. The molecular formula is C15H25N5O3. The molecular weight excluding hydrogens is 298 g/mol. The van der Waals surface area contributed by atoms with E-state index in [0.717, 1.165) is 31.7 Å². The smallest absolute Gasteiger partial charge is 0.208 e. The van der Waals surface area contributed by atoms with E-state index in [1.807, 2.05) is 17.0 Å². The first-order chi connectivity index (χ1) is 11.1. The Bertz CT molecular complexity index is 521. The molecule has 128 valence electrons. The first-order valence-corrected chi connectivity index (χ1v) is 7.46. The van der Waals surface area contributed by atoms with Crippen LogP contribution in [0, 0.1) is 5.41 Å². The Morgan fingerprint density at radius 2 is 1.74 bits per heavy atom. The van der Waals surface area contributed by atoms with Gasteiger partial charge in [-0.1, -0.05) is 0 Å². The third-order valence-electron chi connectivity index (χ3n) is 3.77. The first-order valence-electron chi connectivity index (χ1n) is 7.46. The largest absolute Gasteiger partial charge is 0.493 e. The fourth-order valence-corrected chi connectivity index (χ4v) is 2.56. The van der Waals surface area contributed by atoms with E-state index < -0.39 is 0 Å². The molecule has 0 radical (unpaired) electrons. The molecule has 1 aromatic carbocycles. The summed E-state index contributed by atoms with van der Waals surface area (Å²) in [6, 6.07) is 3.68. The summed E-state index contributed by atoms with van der Waals surface area (Å²) in [5, 5.41) is 12.9. The maximum atomic E-state index is 8.23. The van der Waals surface area contributed by atoms with E-state index in [1.54, 1.807) is 21.3 Å². The third kappa shape index (κ3) is 3.96. The van der Waals surface area contributed by atoms with Gasteiger partial charge >= 0.3 is 0 Å². The van der Waals surface area contributed by atoms with Crippen LogP contribution in [0.5, 0.6) is 17.2 Å². The molecule has 0 aromatic heterocycles. The van der Waals surface area contributed by atoms with Crippen molar-refractivity contribution in [1.82, 2.24) is 15.2 Å². The maximum Gasteiger partial charge on any atom is 0.208 e. The minimum Gasteiger partial charge on any atom is -0.493 e. The van der Waals surface area contributed by atoms with E-state index in [9.17, 15) is 0 Å². The third-order valence-corrected chi connectivity index (χ3v) is 3.77. The van der Waals surface area contributed by atoms with Gasteiger partial charge < -0.3 is 24.4 Å². The average Bonchev–Trinajstić information content (AvgIpc) is 2.60. The lowest BCUT2D eigenvalue weighted by atomic mass is 10.1. The summed E-state index contributed by atoms with van der Waals surface area (Å²) < 4.78 is 16.0. The van der Waals surface area contributed by atoms with Crippen molar-refractivity contribution in [2.45, 2.75) is 6.54 Å². The van der Waals surface area contributed by atoms with Crippen LogP contribution in [0.15, 0.2) is 12.1 Å². The van der Waals surface area contributed by atoms with Crippen LogP contribution in [-0.2, 0) is 6.54 Å². The van der Waals surface area contributed by atoms with Gasteiger partial charge in [0.05, 0.1) is 27.9 Å². The van der Waals surface area contributed by atoms with Crippen molar-refractivity contribution in [3.63, 3.8) is 0 Å². The number of hydrogen-bond acceptors (Lipinski definition) is 6. The van der Waals surface area contributed by atoms with Crippen LogP contribution in [0.4, 0.5) is 0 Å². The van der Waals surface area contributed by atoms with Gasteiger partial charge in [0, 0.05) is 26.2 Å². The van der Waals surface area contributed by atoms with Crippen molar-refractivity contribution >= 4 is 5.96 Å². The predicted octanol–water partition coefficient (Wildman–Crippen LogP) is 0.228. The minimum absolute atomic E-state index is 0.306. The molecule has 4 N–H and O–H groups in total. The predicted molar refractivity (Wildman–Crippen MR) is 88.0 cm³/mol. The molecule has 1 fully saturated rings. The van der Waals surface area contributed by atoms with Crippen molar-refractivity contribution in [2.75, 3.05) is 47.5 Å². The number of nitrogens with one attached hydrogen (secondary N) is 2. The lowest BCUT2D eigenvalue weighted by Crippen LogP contribution is -2.53. The zero-order chi connectivity index (χ0) is 16.8. The summed E-state index contributed by atoms with van der Waals surface area (Å²) in [6.45, 7) is 3.66. The molecule has 23 heavy (non-hydrogen) atoms. The van der Waals surface area contributed by atoms with Crippen molar-refractivity contribution in [3.8, 4) is 17.2 Å². The molecule has 1 aromatic rings. The fraction of sp³-hybridized carbons (Fsp3) is 0.533. The second kappa shape index (κ2) is 7.89. The highest BCUT2D eigenvalue weighted by Crippen LogP contribution is 2.38. The molecule has 2 rings (SSSR count). The van der Waals surface area contributed by atoms with Gasteiger partial charge in [-0.3, -0.25) is 10.4 Å². The van der Waals surface area contributed by atoms with E-state index in [1.165, 1.54) is 5.01 Å². The number of hydrazine groups is 1. The Hall–Kier alpha value is -2.19. The molecule has 1 aliphatic heterocycles. The van der Waals surface area contributed by atoms with Crippen LogP contribution in [0.3, 0.4) is 0 Å². The Morgan fingerprint density at radius 1 is 1.17 bits per heavy atom. The van der Waals surface area contributed by atoms with Gasteiger partial charge in [-0.25, -0.2) is 5.84 Å². The number of methoxy groups -OCH3 is 3. The molecule has 0 atom stereocenters. The number of benzene rings is 1. The van der Waals surface area contributed by atoms with Crippen molar-refractivity contribution in [1.29, 1.82) is 5.41 Å². The van der Waals surface area contributed by atoms with E-state index >= 15 is 0 Å². The summed E-state index contributed by atoms with van der Waals surface area (Å²) in [7, 11) is 4.71. The number of piperazine rings is 1. The molecule has 0 aliphatic carbocycles. The number of nitrogens with zero attached hydrogens (tertiary/aromatic N) is 2. The highest BCUT2D eigenvalue weighted by atomic mass is 16.5. The summed E-state index contributed by atoms with van der Waals surface area (Å²) in [5.41, 5.74) is 0.877. The maximum absolute atomic E-state index is 8.23. The monoisotopic (exact) mass is 323 g/mol. The second-order valence-electron chi connectivity index (χ2n) is 5.22. The average molecular weight is 323 g/mol. The van der Waals surface area contributed by atoms with Gasteiger partial charge in [-0.15, -0.1) is 0 Å². The van der Waals surface area contributed by atoms with Crippen molar-refractivity contribution in [2.24, 2.45) is 5.84 Å². The van der Waals surface area contributed by atoms with Gasteiger partial charge in [0.1, 0.15) is 0 Å². The number of nitrogens with two attached hydrogens (primary N) is 1. The molecule has 1 heterocycles. The van der Waals surface area contributed by atoms with Crippen molar-refractivity contribution < 1.29 is 14.2 Å². The normalized spacial score (nSPS) is 14.3. The molecule has 0 amide bonds. The highest BCUT2D eigenvalue weighted by Gasteiger charge is 2.19.